The van der Waals surface area contributed by atoms with Crippen LogP contribution in [0.3, 0.4) is 0 Å². The maximum atomic E-state index is 3.63. The first kappa shape index (κ1) is 23.4. The van der Waals surface area contributed by atoms with Gasteiger partial charge in [0, 0.05) is 26.2 Å². The number of aromatic amines is 1. The van der Waals surface area contributed by atoms with E-state index in [0.29, 0.717) is 0 Å². The second kappa shape index (κ2) is 9.45. The molecule has 2 aromatic heterocycles. The molecule has 4 rings (SSSR count). The Hall–Kier alpha value is -1.30. The Bertz CT molecular complexity index is 1100. The Morgan fingerprint density at radius 1 is 0.733 bits per heavy atom. The number of fused-ring (bicyclic) bond motifs is 2. The molecule has 0 bridgehead atoms. The van der Waals surface area contributed by atoms with Gasteiger partial charge in [0.15, 0.2) is 8.24 Å². The van der Waals surface area contributed by atoms with Crippen molar-refractivity contribution < 1.29 is 0 Å². The molecule has 0 amide bonds. The van der Waals surface area contributed by atoms with Gasteiger partial charge in [-0.2, -0.15) is 0 Å². The van der Waals surface area contributed by atoms with Crippen LogP contribution in [0.4, 0.5) is 0 Å². The molecule has 0 aliphatic carbocycles. The third-order valence-corrected chi connectivity index (χ3v) is 14.1. The SMILES string of the molecule is Brc1ccc2cc[nH]c2c1.CC(C)[Si](C(C)C)(C(C)C)n1ccc2ccc(Br)cc21. The molecule has 0 radical (unpaired) electrons. The first-order valence-electron chi connectivity index (χ1n) is 10.7. The summed E-state index contributed by atoms with van der Waals surface area (Å²) in [5, 5.41) is 2.61. The van der Waals surface area contributed by atoms with Crippen molar-refractivity contribution in [3.8, 4) is 0 Å². The molecule has 0 saturated heterocycles. The molecule has 2 nitrogen and oxygen atoms in total. The summed E-state index contributed by atoms with van der Waals surface area (Å²) in [6.45, 7) is 14.5. The normalized spacial score (nSPS) is 12.2. The Balaban J connectivity index is 0.000000212. The van der Waals surface area contributed by atoms with Gasteiger partial charge in [-0.3, -0.25) is 0 Å². The van der Waals surface area contributed by atoms with Gasteiger partial charge in [0.1, 0.15) is 0 Å². The minimum absolute atomic E-state index is 0.720. The van der Waals surface area contributed by atoms with E-state index in [2.05, 4.69) is 131 Å². The summed E-state index contributed by atoms with van der Waals surface area (Å²) >= 11 is 7.03. The van der Waals surface area contributed by atoms with Crippen LogP contribution in [0, 0.1) is 0 Å². The van der Waals surface area contributed by atoms with E-state index in [4.69, 9.17) is 0 Å². The van der Waals surface area contributed by atoms with Gasteiger partial charge in [-0.15, -0.1) is 0 Å². The van der Waals surface area contributed by atoms with Gasteiger partial charge in [-0.25, -0.2) is 0 Å². The first-order chi connectivity index (χ1) is 14.2. The quantitative estimate of drug-likeness (QED) is 0.245. The van der Waals surface area contributed by atoms with Gasteiger partial charge < -0.3 is 9.22 Å². The highest BCUT2D eigenvalue weighted by atomic mass is 79.9. The number of benzene rings is 2. The zero-order valence-electron chi connectivity index (χ0n) is 18.7. The van der Waals surface area contributed by atoms with Crippen molar-refractivity contribution >= 4 is 61.9 Å². The molecule has 0 spiro atoms. The Labute approximate surface area is 198 Å². The number of hydrogen-bond acceptors (Lipinski definition) is 0. The lowest BCUT2D eigenvalue weighted by molar-refractivity contribution is 0.773. The number of H-pyrrole nitrogens is 1. The number of hydrogen-bond donors (Lipinski definition) is 1. The molecule has 2 aromatic carbocycles. The van der Waals surface area contributed by atoms with Gasteiger partial charge in [0.2, 0.25) is 0 Å². The van der Waals surface area contributed by atoms with Crippen molar-refractivity contribution in [1.29, 1.82) is 0 Å². The predicted octanol–water partition coefficient (Wildman–Crippen LogP) is 9.36. The Morgan fingerprint density at radius 3 is 1.90 bits per heavy atom. The van der Waals surface area contributed by atoms with Crippen LogP contribution in [-0.2, 0) is 0 Å². The van der Waals surface area contributed by atoms with Crippen LogP contribution in [0.2, 0.25) is 16.6 Å². The molecule has 4 aromatic rings. The van der Waals surface area contributed by atoms with Crippen LogP contribution in [0.25, 0.3) is 21.8 Å². The summed E-state index contributed by atoms with van der Waals surface area (Å²) < 4.78 is 4.94. The number of nitrogens with one attached hydrogen (secondary N) is 1. The average molecular weight is 548 g/mol. The number of halogens is 2. The fraction of sp³-hybridized carbons (Fsp3) is 0.360. The molecule has 0 unspecified atom stereocenters. The zero-order valence-corrected chi connectivity index (χ0v) is 22.9. The molecule has 0 atom stereocenters. The van der Waals surface area contributed by atoms with Crippen molar-refractivity contribution in [2.45, 2.75) is 58.2 Å². The Morgan fingerprint density at radius 2 is 1.30 bits per heavy atom. The summed E-state index contributed by atoms with van der Waals surface area (Å²) in [5.74, 6) is 0. The molecule has 160 valence electrons. The second-order valence-electron chi connectivity index (χ2n) is 8.95. The van der Waals surface area contributed by atoms with E-state index < -0.39 is 8.24 Å². The highest BCUT2D eigenvalue weighted by molar-refractivity contribution is 9.10. The summed E-state index contributed by atoms with van der Waals surface area (Å²) in [6, 6.07) is 17.1. The topological polar surface area (TPSA) is 20.7 Å². The van der Waals surface area contributed by atoms with E-state index in [0.717, 1.165) is 21.1 Å². The van der Waals surface area contributed by atoms with Gasteiger partial charge in [-0.1, -0.05) is 85.5 Å². The van der Waals surface area contributed by atoms with E-state index in [1.54, 1.807) is 0 Å². The largest absolute Gasteiger partial charge is 0.373 e. The smallest absolute Gasteiger partial charge is 0.169 e. The Kier molecular flexibility index (Phi) is 7.36. The van der Waals surface area contributed by atoms with Crippen LogP contribution < -0.4 is 0 Å². The van der Waals surface area contributed by atoms with Crippen molar-refractivity contribution in [2.24, 2.45) is 0 Å². The lowest BCUT2D eigenvalue weighted by atomic mass is 10.3. The molecule has 2 heterocycles. The predicted molar refractivity (Wildman–Crippen MR) is 142 cm³/mol. The van der Waals surface area contributed by atoms with E-state index in [-0.39, 0.29) is 0 Å². The molecule has 1 N–H and O–H groups in total. The summed E-state index contributed by atoms with van der Waals surface area (Å²) in [7, 11) is -1.64. The second-order valence-corrected chi connectivity index (χ2v) is 16.5. The van der Waals surface area contributed by atoms with E-state index in [1.807, 2.05) is 12.3 Å². The summed E-state index contributed by atoms with van der Waals surface area (Å²) in [5.41, 5.74) is 4.72. The third kappa shape index (κ3) is 4.34. The molecular formula is C25H32Br2N2Si. The van der Waals surface area contributed by atoms with E-state index >= 15 is 0 Å². The van der Waals surface area contributed by atoms with Crippen LogP contribution in [0.1, 0.15) is 41.5 Å². The van der Waals surface area contributed by atoms with Gasteiger partial charge in [0.25, 0.3) is 0 Å². The summed E-state index contributed by atoms with van der Waals surface area (Å²) in [4.78, 5) is 3.13. The van der Waals surface area contributed by atoms with Crippen LogP contribution in [0.5, 0.6) is 0 Å². The van der Waals surface area contributed by atoms with Crippen molar-refractivity contribution in [3.05, 3.63) is 69.9 Å². The van der Waals surface area contributed by atoms with Crippen molar-refractivity contribution in [2.75, 3.05) is 0 Å². The number of rotatable bonds is 4. The molecule has 0 aliphatic heterocycles. The number of nitrogens with zero attached hydrogens (tertiary/aromatic N) is 1. The van der Waals surface area contributed by atoms with Gasteiger partial charge in [0.05, 0.1) is 0 Å². The van der Waals surface area contributed by atoms with Crippen LogP contribution in [0.15, 0.2) is 69.9 Å². The number of aromatic nitrogens is 2. The lowest BCUT2D eigenvalue weighted by Gasteiger charge is -2.44. The van der Waals surface area contributed by atoms with E-state index in [1.165, 1.54) is 26.3 Å². The highest BCUT2D eigenvalue weighted by Gasteiger charge is 2.45. The van der Waals surface area contributed by atoms with Crippen molar-refractivity contribution in [3.63, 3.8) is 0 Å². The molecule has 5 heteroatoms. The minimum Gasteiger partial charge on any atom is -0.373 e. The monoisotopic (exact) mass is 546 g/mol. The maximum absolute atomic E-state index is 3.63. The van der Waals surface area contributed by atoms with Crippen molar-refractivity contribution in [1.82, 2.24) is 9.22 Å². The molecular weight excluding hydrogens is 516 g/mol. The average Bonchev–Trinajstić information content (AvgIpc) is 3.28. The van der Waals surface area contributed by atoms with Gasteiger partial charge in [-0.05, 0) is 70.0 Å². The minimum atomic E-state index is -1.64. The van der Waals surface area contributed by atoms with Crippen LogP contribution >= 0.6 is 31.9 Å². The van der Waals surface area contributed by atoms with Crippen LogP contribution in [-0.4, -0.2) is 17.5 Å². The molecule has 0 fully saturated rings. The maximum Gasteiger partial charge on any atom is 0.169 e. The fourth-order valence-electron chi connectivity index (χ4n) is 5.29. The molecule has 30 heavy (non-hydrogen) atoms. The standard InChI is InChI=1S/C17H26BrNSi.C8H6BrN/c1-12(2)20(13(3)4,14(5)6)19-10-9-15-7-8-16(18)11-17(15)19;9-7-2-1-6-3-4-10-8(6)5-7/h7-14H,1-6H3;1-5,10H. The summed E-state index contributed by atoms with van der Waals surface area (Å²) in [6.07, 6.45) is 4.28. The van der Waals surface area contributed by atoms with Gasteiger partial charge >= 0.3 is 0 Å². The lowest BCUT2D eigenvalue weighted by Crippen LogP contribution is -2.51. The molecule has 0 aliphatic rings. The molecule has 0 saturated carbocycles. The van der Waals surface area contributed by atoms with E-state index in [9.17, 15) is 0 Å². The zero-order chi connectivity index (χ0) is 22.1. The highest BCUT2D eigenvalue weighted by Crippen LogP contribution is 2.44. The first-order valence-corrected chi connectivity index (χ1v) is 14.4. The third-order valence-electron chi connectivity index (χ3n) is 6.36. The fourth-order valence-corrected chi connectivity index (χ4v) is 12.6.